The molecule has 10 heteroatoms. The summed E-state index contributed by atoms with van der Waals surface area (Å²) in [4.78, 5) is 27.6. The number of hydrogen-bond donors (Lipinski definition) is 0. The Bertz CT molecular complexity index is 723. The Kier molecular flexibility index (Phi) is 4.25. The van der Waals surface area contributed by atoms with Crippen LogP contribution in [0.2, 0.25) is 5.02 Å². The number of likely N-dealkylation sites (tertiary alicyclic amines) is 2. The van der Waals surface area contributed by atoms with Crippen molar-refractivity contribution < 1.29 is 22.8 Å². The summed E-state index contributed by atoms with van der Waals surface area (Å²) in [6.45, 7) is 1.41. The fraction of sp³-hybridized carbons (Fsp3) is 0.667. The fourth-order valence-corrected chi connectivity index (χ4v) is 4.03. The molecule has 2 saturated heterocycles. The quantitative estimate of drug-likeness (QED) is 0.752. The SMILES string of the molecule is CN1CC2(CCN(C(=O)c3c(Cl)c(C(F)(F)F)nn3C)CC2)CC1=O. The highest BCUT2D eigenvalue weighted by atomic mass is 35.5. The Labute approximate surface area is 147 Å². The third kappa shape index (κ3) is 3.09. The van der Waals surface area contributed by atoms with Crippen LogP contribution in [0.3, 0.4) is 0 Å². The van der Waals surface area contributed by atoms with Crippen molar-refractivity contribution in [1.82, 2.24) is 19.6 Å². The van der Waals surface area contributed by atoms with Gasteiger partial charge in [-0.3, -0.25) is 14.3 Å². The lowest BCUT2D eigenvalue weighted by molar-refractivity contribution is -0.141. The first-order chi connectivity index (χ1) is 11.5. The van der Waals surface area contributed by atoms with E-state index >= 15 is 0 Å². The van der Waals surface area contributed by atoms with Crippen LogP contribution in [0.4, 0.5) is 13.2 Å². The van der Waals surface area contributed by atoms with Crippen LogP contribution in [0.1, 0.15) is 35.4 Å². The van der Waals surface area contributed by atoms with Crippen molar-refractivity contribution in [3.05, 3.63) is 16.4 Å². The van der Waals surface area contributed by atoms with Gasteiger partial charge in [0.05, 0.1) is 0 Å². The van der Waals surface area contributed by atoms with Gasteiger partial charge in [-0.05, 0) is 12.8 Å². The summed E-state index contributed by atoms with van der Waals surface area (Å²) in [6.07, 6.45) is -2.99. The van der Waals surface area contributed by atoms with Gasteiger partial charge in [-0.25, -0.2) is 0 Å². The number of alkyl halides is 3. The number of piperidine rings is 1. The molecule has 0 radical (unpaired) electrons. The maximum Gasteiger partial charge on any atom is 0.436 e. The van der Waals surface area contributed by atoms with Crippen LogP contribution in [0.5, 0.6) is 0 Å². The van der Waals surface area contributed by atoms with E-state index in [-0.39, 0.29) is 17.0 Å². The lowest BCUT2D eigenvalue weighted by atomic mass is 9.77. The molecule has 0 aliphatic carbocycles. The van der Waals surface area contributed by atoms with Gasteiger partial charge in [0.1, 0.15) is 10.7 Å². The van der Waals surface area contributed by atoms with Crippen molar-refractivity contribution in [1.29, 1.82) is 0 Å². The molecule has 138 valence electrons. The molecule has 6 nitrogen and oxygen atoms in total. The summed E-state index contributed by atoms with van der Waals surface area (Å²) < 4.78 is 39.6. The zero-order valence-electron chi connectivity index (χ0n) is 13.9. The first-order valence-electron chi connectivity index (χ1n) is 7.87. The molecule has 1 aromatic rings. The Balaban J connectivity index is 1.76. The lowest BCUT2D eigenvalue weighted by Crippen LogP contribution is -2.44. The van der Waals surface area contributed by atoms with Crippen LogP contribution in [0.25, 0.3) is 0 Å². The average Bonchev–Trinajstić information content (AvgIpc) is 2.96. The molecule has 1 spiro atoms. The molecule has 3 heterocycles. The summed E-state index contributed by atoms with van der Waals surface area (Å²) >= 11 is 5.79. The number of aromatic nitrogens is 2. The smallest absolute Gasteiger partial charge is 0.345 e. The van der Waals surface area contributed by atoms with Crippen LogP contribution in [0, 0.1) is 5.41 Å². The van der Waals surface area contributed by atoms with E-state index < -0.39 is 22.8 Å². The molecule has 2 aliphatic heterocycles. The minimum Gasteiger partial charge on any atom is -0.345 e. The minimum atomic E-state index is -4.71. The number of nitrogens with zero attached hydrogens (tertiary/aromatic N) is 4. The third-order valence-corrected chi connectivity index (χ3v) is 5.45. The standard InChI is InChI=1S/C15H18ClF3N4O2/c1-21-8-14(7-9(21)24)3-5-23(6-4-14)13(25)11-10(16)12(15(17,18)19)20-22(11)2/h3-8H2,1-2H3. The largest absolute Gasteiger partial charge is 0.436 e. The normalized spacial score (nSPS) is 20.6. The second kappa shape index (κ2) is 5.89. The number of carbonyl (C=O) groups is 2. The average molecular weight is 379 g/mol. The van der Waals surface area contributed by atoms with E-state index in [0.717, 1.165) is 4.68 Å². The molecule has 2 fully saturated rings. The number of aryl methyl sites for hydroxylation is 1. The maximum absolute atomic E-state index is 12.9. The number of carbonyl (C=O) groups excluding carboxylic acids is 2. The predicted octanol–water partition coefficient (Wildman–Crippen LogP) is 2.18. The highest BCUT2D eigenvalue weighted by Gasteiger charge is 2.45. The lowest BCUT2D eigenvalue weighted by Gasteiger charge is -2.38. The van der Waals surface area contributed by atoms with Gasteiger partial charge in [-0.15, -0.1) is 0 Å². The van der Waals surface area contributed by atoms with Crippen molar-refractivity contribution >= 4 is 23.4 Å². The molecule has 0 atom stereocenters. The van der Waals surface area contributed by atoms with Gasteiger partial charge in [-0.2, -0.15) is 18.3 Å². The zero-order valence-corrected chi connectivity index (χ0v) is 14.6. The van der Waals surface area contributed by atoms with E-state index in [1.807, 2.05) is 0 Å². The molecule has 2 amide bonds. The number of halogens is 4. The molecule has 25 heavy (non-hydrogen) atoms. The minimum absolute atomic E-state index is 0.0873. The van der Waals surface area contributed by atoms with Crippen molar-refractivity contribution in [3.63, 3.8) is 0 Å². The summed E-state index contributed by atoms with van der Waals surface area (Å²) in [5.41, 5.74) is -1.66. The molecule has 3 rings (SSSR count). The van der Waals surface area contributed by atoms with Crippen molar-refractivity contribution in [3.8, 4) is 0 Å². The zero-order chi connectivity index (χ0) is 18.6. The van der Waals surface area contributed by atoms with Gasteiger partial charge in [0.25, 0.3) is 5.91 Å². The maximum atomic E-state index is 12.9. The molecule has 0 N–H and O–H groups in total. The van der Waals surface area contributed by atoms with Crippen LogP contribution in [0.15, 0.2) is 0 Å². The van der Waals surface area contributed by atoms with Gasteiger partial charge in [-0.1, -0.05) is 11.6 Å². The molecule has 0 saturated carbocycles. The Hall–Kier alpha value is -1.77. The second-order valence-electron chi connectivity index (χ2n) is 6.85. The fourth-order valence-electron chi connectivity index (χ4n) is 3.68. The summed E-state index contributed by atoms with van der Waals surface area (Å²) in [5.74, 6) is -0.479. The van der Waals surface area contributed by atoms with Gasteiger partial charge in [0.2, 0.25) is 5.91 Å². The summed E-state index contributed by atoms with van der Waals surface area (Å²) in [7, 11) is 3.02. The monoisotopic (exact) mass is 378 g/mol. The third-order valence-electron chi connectivity index (χ3n) is 5.10. The first-order valence-corrected chi connectivity index (χ1v) is 8.25. The van der Waals surface area contributed by atoms with Gasteiger partial charge < -0.3 is 9.80 Å². The Morgan fingerprint density at radius 1 is 1.24 bits per heavy atom. The molecule has 2 aliphatic rings. The molecular formula is C15H18ClF3N4O2. The first kappa shape index (κ1) is 18.0. The van der Waals surface area contributed by atoms with Crippen LogP contribution in [-0.4, -0.2) is 58.1 Å². The summed E-state index contributed by atoms with van der Waals surface area (Å²) in [5, 5.41) is 2.68. The van der Waals surface area contributed by atoms with Gasteiger partial charge in [0, 0.05) is 45.6 Å². The van der Waals surface area contributed by atoms with E-state index in [0.29, 0.717) is 38.9 Å². The number of amides is 2. The van der Waals surface area contributed by atoms with E-state index in [1.54, 1.807) is 11.9 Å². The Morgan fingerprint density at radius 3 is 2.28 bits per heavy atom. The van der Waals surface area contributed by atoms with Crippen LogP contribution < -0.4 is 0 Å². The Morgan fingerprint density at radius 2 is 1.84 bits per heavy atom. The summed E-state index contributed by atoms with van der Waals surface area (Å²) in [6, 6.07) is 0. The van der Waals surface area contributed by atoms with Crippen molar-refractivity contribution in [2.75, 3.05) is 26.7 Å². The topological polar surface area (TPSA) is 58.4 Å². The highest BCUT2D eigenvalue weighted by Crippen LogP contribution is 2.41. The van der Waals surface area contributed by atoms with Crippen LogP contribution in [-0.2, 0) is 18.0 Å². The molecule has 0 aromatic carbocycles. The van der Waals surface area contributed by atoms with Gasteiger partial charge in [0.15, 0.2) is 5.69 Å². The predicted molar refractivity (Wildman–Crippen MR) is 83.0 cm³/mol. The van der Waals surface area contributed by atoms with E-state index in [9.17, 15) is 22.8 Å². The highest BCUT2D eigenvalue weighted by molar-refractivity contribution is 6.34. The molecular weight excluding hydrogens is 361 g/mol. The molecule has 0 unspecified atom stereocenters. The molecule has 1 aromatic heterocycles. The second-order valence-corrected chi connectivity index (χ2v) is 7.23. The number of rotatable bonds is 1. The van der Waals surface area contributed by atoms with E-state index in [2.05, 4.69) is 5.10 Å². The van der Waals surface area contributed by atoms with E-state index in [1.165, 1.54) is 11.9 Å². The van der Waals surface area contributed by atoms with Crippen molar-refractivity contribution in [2.45, 2.75) is 25.4 Å². The molecule has 0 bridgehead atoms. The van der Waals surface area contributed by atoms with E-state index in [4.69, 9.17) is 11.6 Å². The van der Waals surface area contributed by atoms with Gasteiger partial charge >= 0.3 is 6.18 Å². The van der Waals surface area contributed by atoms with Crippen LogP contribution >= 0.6 is 11.6 Å². The van der Waals surface area contributed by atoms with Crippen molar-refractivity contribution in [2.24, 2.45) is 12.5 Å². The number of hydrogen-bond acceptors (Lipinski definition) is 3.